The summed E-state index contributed by atoms with van der Waals surface area (Å²) in [7, 11) is 1.77. The highest BCUT2D eigenvalue weighted by molar-refractivity contribution is 5.28. The van der Waals surface area contributed by atoms with Gasteiger partial charge < -0.3 is 10.5 Å². The highest BCUT2D eigenvalue weighted by Gasteiger charge is 2.39. The van der Waals surface area contributed by atoms with Crippen molar-refractivity contribution < 1.29 is 9.13 Å². The van der Waals surface area contributed by atoms with Gasteiger partial charge in [-0.05, 0) is 68.2 Å². The first-order chi connectivity index (χ1) is 9.47. The van der Waals surface area contributed by atoms with Gasteiger partial charge in [-0.2, -0.15) is 0 Å². The minimum Gasteiger partial charge on any atom is -0.377 e. The van der Waals surface area contributed by atoms with Gasteiger partial charge in [0.1, 0.15) is 5.82 Å². The topological polar surface area (TPSA) is 35.2 Å². The lowest BCUT2D eigenvalue weighted by molar-refractivity contribution is -0.0659. The molecular formula is C17H26FNO. The Bertz CT molecular complexity index is 452. The van der Waals surface area contributed by atoms with Gasteiger partial charge in [0.2, 0.25) is 0 Å². The zero-order valence-corrected chi connectivity index (χ0v) is 12.8. The smallest absolute Gasteiger partial charge is 0.123 e. The molecule has 1 aliphatic rings. The number of halogens is 1. The van der Waals surface area contributed by atoms with Gasteiger partial charge in [-0.25, -0.2) is 4.39 Å². The Morgan fingerprint density at radius 2 is 2.05 bits per heavy atom. The molecule has 2 nitrogen and oxygen atoms in total. The lowest BCUT2D eigenvalue weighted by Gasteiger charge is -2.42. The number of ether oxygens (including phenoxy) is 1. The zero-order valence-electron chi connectivity index (χ0n) is 12.8. The molecular weight excluding hydrogens is 253 g/mol. The van der Waals surface area contributed by atoms with Crippen LogP contribution < -0.4 is 5.73 Å². The molecule has 0 heterocycles. The third kappa shape index (κ3) is 3.21. The van der Waals surface area contributed by atoms with Gasteiger partial charge in [0.05, 0.1) is 5.60 Å². The quantitative estimate of drug-likeness (QED) is 0.914. The maximum absolute atomic E-state index is 13.2. The Balaban J connectivity index is 2.11. The molecule has 20 heavy (non-hydrogen) atoms. The first-order valence-corrected chi connectivity index (χ1v) is 7.52. The number of methoxy groups -OCH3 is 1. The second kappa shape index (κ2) is 6.23. The molecule has 1 atom stereocenters. The fourth-order valence-electron chi connectivity index (χ4n) is 3.29. The van der Waals surface area contributed by atoms with Crippen molar-refractivity contribution in [3.8, 4) is 0 Å². The zero-order chi connectivity index (χ0) is 14.8. The molecule has 0 spiro atoms. The van der Waals surface area contributed by atoms with Crippen molar-refractivity contribution in [2.75, 3.05) is 7.11 Å². The average Bonchev–Trinajstić information content (AvgIpc) is 2.43. The number of aryl methyl sites for hydroxylation is 1. The van der Waals surface area contributed by atoms with Crippen LogP contribution in [-0.4, -0.2) is 18.8 Å². The van der Waals surface area contributed by atoms with Crippen LogP contribution in [0.5, 0.6) is 0 Å². The Hall–Kier alpha value is -0.930. The summed E-state index contributed by atoms with van der Waals surface area (Å²) in [6.07, 6.45) is 5.13. The summed E-state index contributed by atoms with van der Waals surface area (Å²) in [4.78, 5) is 0. The summed E-state index contributed by atoms with van der Waals surface area (Å²) < 4.78 is 19.0. The molecule has 1 aromatic carbocycles. The molecule has 3 heteroatoms. The lowest BCUT2D eigenvalue weighted by Crippen LogP contribution is -2.52. The van der Waals surface area contributed by atoms with Crippen LogP contribution >= 0.6 is 0 Å². The molecule has 2 N–H and O–H groups in total. The summed E-state index contributed by atoms with van der Waals surface area (Å²) in [6, 6.07) is 4.89. The van der Waals surface area contributed by atoms with Crippen molar-refractivity contribution >= 4 is 0 Å². The van der Waals surface area contributed by atoms with E-state index in [1.165, 1.54) is 18.9 Å². The summed E-state index contributed by atoms with van der Waals surface area (Å²) in [5.74, 6) is 0.575. The Labute approximate surface area is 121 Å². The van der Waals surface area contributed by atoms with Gasteiger partial charge in [0, 0.05) is 13.2 Å². The van der Waals surface area contributed by atoms with Crippen LogP contribution in [0.1, 0.15) is 43.7 Å². The Morgan fingerprint density at radius 1 is 1.40 bits per heavy atom. The molecule has 0 saturated heterocycles. The fourth-order valence-corrected chi connectivity index (χ4v) is 3.29. The van der Waals surface area contributed by atoms with Crippen molar-refractivity contribution in [2.24, 2.45) is 11.7 Å². The number of rotatable bonds is 4. The molecule has 0 radical (unpaired) electrons. The van der Waals surface area contributed by atoms with Crippen LogP contribution in [0.2, 0.25) is 0 Å². The maximum Gasteiger partial charge on any atom is 0.123 e. The first-order valence-electron chi connectivity index (χ1n) is 7.52. The third-order valence-corrected chi connectivity index (χ3v) is 4.95. The largest absolute Gasteiger partial charge is 0.377 e. The molecule has 0 amide bonds. The summed E-state index contributed by atoms with van der Waals surface area (Å²) in [5, 5.41) is 0. The van der Waals surface area contributed by atoms with Gasteiger partial charge in [0.25, 0.3) is 0 Å². The maximum atomic E-state index is 13.2. The van der Waals surface area contributed by atoms with E-state index in [4.69, 9.17) is 10.5 Å². The van der Waals surface area contributed by atoms with Crippen molar-refractivity contribution in [2.45, 2.75) is 57.6 Å². The molecule has 1 fully saturated rings. The van der Waals surface area contributed by atoms with Crippen molar-refractivity contribution in [1.29, 1.82) is 0 Å². The minimum atomic E-state index is -0.215. The molecule has 1 unspecified atom stereocenters. The highest BCUT2D eigenvalue weighted by atomic mass is 19.1. The normalized spacial score (nSPS) is 28.4. The highest BCUT2D eigenvalue weighted by Crippen LogP contribution is 2.37. The van der Waals surface area contributed by atoms with Gasteiger partial charge in [-0.1, -0.05) is 13.0 Å². The lowest BCUT2D eigenvalue weighted by atomic mass is 9.74. The van der Waals surface area contributed by atoms with Crippen LogP contribution in [0.25, 0.3) is 0 Å². The number of benzene rings is 1. The summed E-state index contributed by atoms with van der Waals surface area (Å²) in [5.41, 5.74) is 8.33. The summed E-state index contributed by atoms with van der Waals surface area (Å²) in [6.45, 7) is 4.22. The molecule has 1 aliphatic carbocycles. The minimum absolute atomic E-state index is 0.0378. The standard InChI is InChI=1S/C17H26FNO/c1-12-6-8-17(20-3,9-7-12)16(19)11-14-4-5-15(18)10-13(14)2/h4-5,10,12,16H,6-9,11,19H2,1-3H3. The van der Waals surface area contributed by atoms with E-state index >= 15 is 0 Å². The monoisotopic (exact) mass is 279 g/mol. The predicted molar refractivity (Wildman–Crippen MR) is 80.2 cm³/mol. The first kappa shape index (κ1) is 15.5. The van der Waals surface area contributed by atoms with E-state index < -0.39 is 0 Å². The molecule has 0 bridgehead atoms. The summed E-state index contributed by atoms with van der Waals surface area (Å²) >= 11 is 0. The van der Waals surface area contributed by atoms with E-state index in [0.29, 0.717) is 0 Å². The van der Waals surface area contributed by atoms with Crippen molar-refractivity contribution in [3.05, 3.63) is 35.1 Å². The van der Waals surface area contributed by atoms with Gasteiger partial charge >= 0.3 is 0 Å². The molecule has 1 saturated carbocycles. The van der Waals surface area contributed by atoms with Gasteiger partial charge in [0.15, 0.2) is 0 Å². The average molecular weight is 279 g/mol. The van der Waals surface area contributed by atoms with E-state index in [9.17, 15) is 4.39 Å². The van der Waals surface area contributed by atoms with Gasteiger partial charge in [-0.3, -0.25) is 0 Å². The third-order valence-electron chi connectivity index (χ3n) is 4.95. The van der Waals surface area contributed by atoms with Gasteiger partial charge in [-0.15, -0.1) is 0 Å². The van der Waals surface area contributed by atoms with Crippen LogP contribution in [0, 0.1) is 18.7 Å². The van der Waals surface area contributed by atoms with E-state index in [2.05, 4.69) is 6.92 Å². The number of hydrogen-bond acceptors (Lipinski definition) is 2. The number of nitrogens with two attached hydrogens (primary N) is 1. The van der Waals surface area contributed by atoms with E-state index in [1.54, 1.807) is 13.2 Å². The molecule has 0 aliphatic heterocycles. The molecule has 2 rings (SSSR count). The van der Waals surface area contributed by atoms with E-state index in [-0.39, 0.29) is 17.5 Å². The van der Waals surface area contributed by atoms with Crippen molar-refractivity contribution in [1.82, 2.24) is 0 Å². The van der Waals surface area contributed by atoms with Crippen LogP contribution in [-0.2, 0) is 11.2 Å². The van der Waals surface area contributed by atoms with Crippen LogP contribution in [0.3, 0.4) is 0 Å². The molecule has 0 aromatic heterocycles. The number of hydrogen-bond donors (Lipinski definition) is 1. The van der Waals surface area contributed by atoms with Crippen LogP contribution in [0.15, 0.2) is 18.2 Å². The SMILES string of the molecule is COC1(C(N)Cc2ccc(F)cc2C)CCC(C)CC1. The second-order valence-corrected chi connectivity index (χ2v) is 6.33. The molecule has 1 aromatic rings. The predicted octanol–water partition coefficient (Wildman–Crippen LogP) is 3.60. The Kier molecular flexibility index (Phi) is 4.82. The van der Waals surface area contributed by atoms with E-state index in [1.807, 2.05) is 13.0 Å². The van der Waals surface area contributed by atoms with Crippen LogP contribution in [0.4, 0.5) is 4.39 Å². The Morgan fingerprint density at radius 3 is 2.60 bits per heavy atom. The fraction of sp³-hybridized carbons (Fsp3) is 0.647. The van der Waals surface area contributed by atoms with E-state index in [0.717, 1.165) is 36.3 Å². The van der Waals surface area contributed by atoms with Crippen molar-refractivity contribution in [3.63, 3.8) is 0 Å². The molecule has 112 valence electrons. The second-order valence-electron chi connectivity index (χ2n) is 6.33.